The van der Waals surface area contributed by atoms with Gasteiger partial charge < -0.3 is 14.3 Å². The van der Waals surface area contributed by atoms with Crippen LogP contribution in [-0.4, -0.2) is 39.6 Å². The number of rotatable bonds is 5. The molecule has 0 spiro atoms. The minimum Gasteiger partial charge on any atom is -0.362 e. The van der Waals surface area contributed by atoms with Gasteiger partial charge in [-0.05, 0) is 60.9 Å². The van der Waals surface area contributed by atoms with E-state index >= 15 is 0 Å². The zero-order chi connectivity index (χ0) is 27.7. The molecule has 39 heavy (non-hydrogen) atoms. The van der Waals surface area contributed by atoms with Crippen LogP contribution in [-0.2, 0) is 7.05 Å². The largest absolute Gasteiger partial charge is 0.362 e. The van der Waals surface area contributed by atoms with E-state index in [-0.39, 0.29) is 35.3 Å². The second-order valence-electron chi connectivity index (χ2n) is 10.0. The molecule has 2 aromatic heterocycles. The van der Waals surface area contributed by atoms with Crippen LogP contribution in [0, 0.1) is 23.7 Å². The molecule has 0 aliphatic carbocycles. The Hall–Kier alpha value is -4.53. The Balaban J connectivity index is 1.58. The van der Waals surface area contributed by atoms with Gasteiger partial charge in [-0.25, -0.2) is 4.39 Å². The Morgan fingerprint density at radius 1 is 1.10 bits per heavy atom. The van der Waals surface area contributed by atoms with Crippen molar-refractivity contribution in [3.05, 3.63) is 111 Å². The molecule has 7 nitrogen and oxygen atoms in total. The maximum atomic E-state index is 13.9. The van der Waals surface area contributed by atoms with Crippen LogP contribution in [0.5, 0.6) is 0 Å². The number of nitriles is 1. The van der Waals surface area contributed by atoms with Crippen molar-refractivity contribution >= 4 is 22.5 Å². The molecule has 1 fully saturated rings. The molecule has 196 valence electrons. The SMILES string of the molecule is [C-]#[N+]c1ccc2c(n1)c(N1C[C@@H](CC)N(C(c3ccc(F)cc3)c3ccc(C#N)cc3)C[C@@H]1C)cc(=O)n2C. The van der Waals surface area contributed by atoms with E-state index in [9.17, 15) is 14.4 Å². The lowest BCUT2D eigenvalue weighted by atomic mass is 9.92. The highest BCUT2D eigenvalue weighted by Gasteiger charge is 2.37. The van der Waals surface area contributed by atoms with Crippen LogP contribution in [0.15, 0.2) is 71.5 Å². The second kappa shape index (κ2) is 10.7. The second-order valence-corrected chi connectivity index (χ2v) is 10.0. The average Bonchev–Trinajstić information content (AvgIpc) is 2.96. The van der Waals surface area contributed by atoms with E-state index in [1.165, 1.54) is 12.1 Å². The smallest absolute Gasteiger partial charge is 0.270 e. The first-order chi connectivity index (χ1) is 18.8. The Morgan fingerprint density at radius 2 is 1.77 bits per heavy atom. The van der Waals surface area contributed by atoms with Gasteiger partial charge in [0.05, 0.1) is 28.9 Å². The van der Waals surface area contributed by atoms with Gasteiger partial charge in [-0.15, -0.1) is 4.98 Å². The molecular formula is C31H29FN6O. The molecule has 5 rings (SSSR count). The van der Waals surface area contributed by atoms with Gasteiger partial charge >= 0.3 is 0 Å². The van der Waals surface area contributed by atoms with Crippen LogP contribution in [0.1, 0.15) is 43.0 Å². The lowest BCUT2D eigenvalue weighted by molar-refractivity contribution is 0.116. The van der Waals surface area contributed by atoms with E-state index in [0.717, 1.165) is 23.2 Å². The zero-order valence-corrected chi connectivity index (χ0v) is 22.2. The van der Waals surface area contributed by atoms with Crippen LogP contribution >= 0.6 is 0 Å². The van der Waals surface area contributed by atoms with Crippen LogP contribution in [0.2, 0.25) is 0 Å². The van der Waals surface area contributed by atoms with Gasteiger partial charge in [-0.3, -0.25) is 9.69 Å². The van der Waals surface area contributed by atoms with Crippen LogP contribution in [0.25, 0.3) is 15.9 Å². The summed E-state index contributed by atoms with van der Waals surface area (Å²) in [5, 5.41) is 9.31. The molecule has 4 aromatic rings. The number of pyridine rings is 2. The Labute approximate surface area is 227 Å². The molecule has 1 aliphatic heterocycles. The summed E-state index contributed by atoms with van der Waals surface area (Å²) in [6, 6.07) is 21.4. The topological polar surface area (TPSA) is 69.5 Å². The molecule has 0 amide bonds. The Bertz CT molecular complexity index is 1650. The lowest BCUT2D eigenvalue weighted by Gasteiger charge is -2.49. The normalized spacial score (nSPS) is 18.5. The summed E-state index contributed by atoms with van der Waals surface area (Å²) in [6.45, 7) is 13.0. The van der Waals surface area contributed by atoms with Crippen molar-refractivity contribution in [3.63, 3.8) is 0 Å². The highest BCUT2D eigenvalue weighted by Crippen LogP contribution is 2.37. The molecule has 3 heterocycles. The third-order valence-electron chi connectivity index (χ3n) is 7.71. The number of benzene rings is 2. The predicted molar refractivity (Wildman–Crippen MR) is 150 cm³/mol. The number of fused-ring (bicyclic) bond motifs is 1. The Kier molecular flexibility index (Phi) is 7.15. The van der Waals surface area contributed by atoms with Crippen molar-refractivity contribution in [2.75, 3.05) is 18.0 Å². The zero-order valence-electron chi connectivity index (χ0n) is 22.2. The molecular weight excluding hydrogens is 491 g/mol. The summed E-state index contributed by atoms with van der Waals surface area (Å²) in [7, 11) is 1.72. The van der Waals surface area contributed by atoms with Crippen molar-refractivity contribution < 1.29 is 4.39 Å². The highest BCUT2D eigenvalue weighted by molar-refractivity contribution is 5.89. The molecule has 8 heteroatoms. The van der Waals surface area contributed by atoms with Gasteiger partial charge in [0.2, 0.25) is 5.52 Å². The van der Waals surface area contributed by atoms with Crippen molar-refractivity contribution in [2.45, 2.75) is 38.4 Å². The van der Waals surface area contributed by atoms with E-state index in [1.54, 1.807) is 29.8 Å². The van der Waals surface area contributed by atoms with Crippen molar-refractivity contribution in [3.8, 4) is 6.07 Å². The fraction of sp³-hybridized carbons (Fsp3) is 0.290. The average molecular weight is 521 g/mol. The molecule has 1 saturated heterocycles. The van der Waals surface area contributed by atoms with E-state index < -0.39 is 0 Å². The van der Waals surface area contributed by atoms with Gasteiger partial charge in [0, 0.05) is 38.3 Å². The van der Waals surface area contributed by atoms with Crippen molar-refractivity contribution in [2.24, 2.45) is 7.05 Å². The number of hydrogen-bond donors (Lipinski definition) is 0. The standard InChI is InChI=1S/C31H29FN6O/c1-5-25-19-37(27-16-29(39)36(4)26-14-15-28(34-3)35-30(26)27)20(2)18-38(25)31(23-10-12-24(32)13-11-23)22-8-6-21(17-33)7-9-22/h6-16,20,25,31H,5,18-19H2,1-2,4H3/t20-,25+,31?/m0/s1. The monoisotopic (exact) mass is 520 g/mol. The fourth-order valence-corrected chi connectivity index (χ4v) is 5.62. The number of hydrogen-bond acceptors (Lipinski definition) is 5. The number of halogens is 1. The van der Waals surface area contributed by atoms with Crippen LogP contribution < -0.4 is 10.5 Å². The van der Waals surface area contributed by atoms with E-state index in [0.29, 0.717) is 29.7 Å². The maximum absolute atomic E-state index is 13.9. The first-order valence-corrected chi connectivity index (χ1v) is 13.0. The Morgan fingerprint density at radius 3 is 2.38 bits per heavy atom. The molecule has 0 saturated carbocycles. The molecule has 0 bridgehead atoms. The first kappa shape index (κ1) is 26.1. The quantitative estimate of drug-likeness (QED) is 0.322. The van der Waals surface area contributed by atoms with E-state index in [1.807, 2.05) is 36.4 Å². The van der Waals surface area contributed by atoms with Crippen LogP contribution in [0.4, 0.5) is 15.9 Å². The lowest BCUT2D eigenvalue weighted by Crippen LogP contribution is -2.58. The minimum absolute atomic E-state index is 0.0165. The highest BCUT2D eigenvalue weighted by atomic mass is 19.1. The number of nitrogens with zero attached hydrogens (tertiary/aromatic N) is 6. The number of aromatic nitrogens is 2. The molecule has 1 aliphatic rings. The minimum atomic E-state index is -0.286. The third kappa shape index (κ3) is 4.87. The van der Waals surface area contributed by atoms with Crippen LogP contribution in [0.3, 0.4) is 0 Å². The van der Waals surface area contributed by atoms with Gasteiger partial charge in [0.15, 0.2) is 0 Å². The van der Waals surface area contributed by atoms with E-state index in [2.05, 4.69) is 39.5 Å². The van der Waals surface area contributed by atoms with Gasteiger partial charge in [0.25, 0.3) is 11.4 Å². The molecule has 2 aromatic carbocycles. The summed E-state index contributed by atoms with van der Waals surface area (Å²) >= 11 is 0. The molecule has 0 radical (unpaired) electrons. The maximum Gasteiger partial charge on any atom is 0.270 e. The summed E-state index contributed by atoms with van der Waals surface area (Å²) < 4.78 is 15.4. The van der Waals surface area contributed by atoms with Crippen molar-refractivity contribution in [1.29, 1.82) is 5.26 Å². The fourth-order valence-electron chi connectivity index (χ4n) is 5.62. The van der Waals surface area contributed by atoms with Gasteiger partial charge in [-0.2, -0.15) is 5.26 Å². The summed E-state index contributed by atoms with van der Waals surface area (Å²) in [4.78, 5) is 25.7. The molecule has 1 unspecified atom stereocenters. The van der Waals surface area contributed by atoms with E-state index in [4.69, 9.17) is 6.57 Å². The molecule has 3 atom stereocenters. The van der Waals surface area contributed by atoms with Gasteiger partial charge in [0.1, 0.15) is 5.82 Å². The van der Waals surface area contributed by atoms with Gasteiger partial charge in [-0.1, -0.05) is 37.8 Å². The number of aryl methyl sites for hydroxylation is 1. The third-order valence-corrected chi connectivity index (χ3v) is 7.71. The predicted octanol–water partition coefficient (Wildman–Crippen LogP) is 5.57. The molecule has 0 N–H and O–H groups in total. The number of piperazine rings is 1. The number of anilines is 1. The summed E-state index contributed by atoms with van der Waals surface area (Å²) in [6.07, 6.45) is 0.848. The first-order valence-electron chi connectivity index (χ1n) is 13.0. The summed E-state index contributed by atoms with van der Waals surface area (Å²) in [5.74, 6) is 0.00398. The van der Waals surface area contributed by atoms with Crippen molar-refractivity contribution in [1.82, 2.24) is 14.5 Å². The summed E-state index contributed by atoms with van der Waals surface area (Å²) in [5.41, 5.74) is 4.54.